The van der Waals surface area contributed by atoms with Gasteiger partial charge in [0.2, 0.25) is 0 Å². The van der Waals surface area contributed by atoms with E-state index < -0.39 is 17.8 Å². The largest absolute Gasteiger partial charge is 0.466 e. The first-order valence-electron chi connectivity index (χ1n) is 8.46. The van der Waals surface area contributed by atoms with Gasteiger partial charge < -0.3 is 10.1 Å². The van der Waals surface area contributed by atoms with E-state index in [1.54, 1.807) is 12.3 Å². The molecule has 1 N–H and O–H groups in total. The lowest BCUT2D eigenvalue weighted by molar-refractivity contribution is -0.136. The Morgan fingerprint density at radius 3 is 2.67 bits per heavy atom. The second-order valence-electron chi connectivity index (χ2n) is 6.36. The SMILES string of the molecule is COC(=O)C1=C(C(C)C)NC(c2ccccn2)=NC1c1ccc(F)cc1Cl. The lowest BCUT2D eigenvalue weighted by Gasteiger charge is -2.29. The van der Waals surface area contributed by atoms with E-state index in [-0.39, 0.29) is 10.9 Å². The lowest BCUT2D eigenvalue weighted by Crippen LogP contribution is -2.36. The van der Waals surface area contributed by atoms with Gasteiger partial charge in [-0.15, -0.1) is 0 Å². The topological polar surface area (TPSA) is 63.6 Å². The summed E-state index contributed by atoms with van der Waals surface area (Å²) in [5.41, 5.74) is 2.16. The van der Waals surface area contributed by atoms with E-state index >= 15 is 0 Å². The Kier molecular flexibility index (Phi) is 5.56. The average molecular weight is 388 g/mol. The molecule has 1 aromatic heterocycles. The molecule has 5 nitrogen and oxygen atoms in total. The number of allylic oxidation sites excluding steroid dienone is 1. The number of hydrogen-bond donors (Lipinski definition) is 1. The zero-order chi connectivity index (χ0) is 19.6. The molecule has 1 atom stereocenters. The summed E-state index contributed by atoms with van der Waals surface area (Å²) in [6, 6.07) is 8.77. The summed E-state index contributed by atoms with van der Waals surface area (Å²) < 4.78 is 18.5. The van der Waals surface area contributed by atoms with Crippen molar-refractivity contribution < 1.29 is 13.9 Å². The summed E-state index contributed by atoms with van der Waals surface area (Å²) in [7, 11) is 1.31. The normalized spacial score (nSPS) is 16.8. The Morgan fingerprint density at radius 1 is 1.30 bits per heavy atom. The number of ether oxygens (including phenoxy) is 1. The van der Waals surface area contributed by atoms with E-state index in [4.69, 9.17) is 16.3 Å². The highest BCUT2D eigenvalue weighted by molar-refractivity contribution is 6.31. The molecular weight excluding hydrogens is 369 g/mol. The fourth-order valence-electron chi connectivity index (χ4n) is 2.94. The van der Waals surface area contributed by atoms with Crippen LogP contribution in [0.25, 0.3) is 0 Å². The number of nitrogens with one attached hydrogen (secondary N) is 1. The molecule has 27 heavy (non-hydrogen) atoms. The zero-order valence-corrected chi connectivity index (χ0v) is 15.9. The van der Waals surface area contributed by atoms with Crippen molar-refractivity contribution in [2.75, 3.05) is 7.11 Å². The van der Waals surface area contributed by atoms with Crippen LogP contribution >= 0.6 is 11.6 Å². The summed E-state index contributed by atoms with van der Waals surface area (Å²) in [6.07, 6.45) is 1.66. The minimum absolute atomic E-state index is 0.0185. The first kappa shape index (κ1) is 19.0. The summed E-state index contributed by atoms with van der Waals surface area (Å²) in [6.45, 7) is 3.91. The third kappa shape index (κ3) is 3.85. The number of benzene rings is 1. The zero-order valence-electron chi connectivity index (χ0n) is 15.2. The van der Waals surface area contributed by atoms with Gasteiger partial charge in [-0.2, -0.15) is 0 Å². The monoisotopic (exact) mass is 387 g/mol. The van der Waals surface area contributed by atoms with Crippen molar-refractivity contribution >= 4 is 23.4 Å². The van der Waals surface area contributed by atoms with Gasteiger partial charge in [0.15, 0.2) is 5.84 Å². The van der Waals surface area contributed by atoms with Gasteiger partial charge in [0.1, 0.15) is 17.6 Å². The molecule has 140 valence electrons. The number of pyridine rings is 1. The highest BCUT2D eigenvalue weighted by Gasteiger charge is 2.34. The van der Waals surface area contributed by atoms with E-state index in [1.807, 2.05) is 26.0 Å². The molecule has 1 aliphatic heterocycles. The van der Waals surface area contributed by atoms with Gasteiger partial charge in [-0.3, -0.25) is 9.98 Å². The molecule has 1 aliphatic rings. The van der Waals surface area contributed by atoms with Crippen LogP contribution in [0.2, 0.25) is 5.02 Å². The smallest absolute Gasteiger partial charge is 0.338 e. The van der Waals surface area contributed by atoms with Crippen molar-refractivity contribution in [3.63, 3.8) is 0 Å². The number of aliphatic imine (C=N–C) groups is 1. The first-order valence-corrected chi connectivity index (χ1v) is 8.83. The molecular formula is C20H19ClFN3O2. The number of nitrogens with zero attached hydrogens (tertiary/aromatic N) is 2. The fraction of sp³-hybridized carbons (Fsp3) is 0.250. The molecule has 0 aliphatic carbocycles. The van der Waals surface area contributed by atoms with Crippen molar-refractivity contribution in [2.24, 2.45) is 10.9 Å². The molecule has 0 saturated heterocycles. The number of esters is 1. The van der Waals surface area contributed by atoms with Gasteiger partial charge in [0, 0.05) is 22.5 Å². The van der Waals surface area contributed by atoms with Crippen LogP contribution in [0.3, 0.4) is 0 Å². The molecule has 2 aromatic rings. The molecule has 3 rings (SSSR count). The minimum atomic E-state index is -0.735. The second-order valence-corrected chi connectivity index (χ2v) is 6.77. The Bertz CT molecular complexity index is 926. The number of hydrogen-bond acceptors (Lipinski definition) is 5. The van der Waals surface area contributed by atoms with Crippen molar-refractivity contribution in [3.8, 4) is 0 Å². The number of amidine groups is 1. The quantitative estimate of drug-likeness (QED) is 0.804. The van der Waals surface area contributed by atoms with Gasteiger partial charge >= 0.3 is 5.97 Å². The number of carbonyl (C=O) groups is 1. The molecule has 0 bridgehead atoms. The summed E-state index contributed by atoms with van der Waals surface area (Å²) in [4.78, 5) is 21.6. The van der Waals surface area contributed by atoms with E-state index in [2.05, 4.69) is 15.3 Å². The summed E-state index contributed by atoms with van der Waals surface area (Å²) in [5.74, 6) is -0.480. The van der Waals surface area contributed by atoms with Crippen LogP contribution in [0.15, 0.2) is 58.9 Å². The van der Waals surface area contributed by atoms with Gasteiger partial charge in [0.25, 0.3) is 0 Å². The van der Waals surface area contributed by atoms with Crippen LogP contribution in [0.5, 0.6) is 0 Å². The summed E-state index contributed by atoms with van der Waals surface area (Å²) in [5, 5.41) is 3.40. The highest BCUT2D eigenvalue weighted by atomic mass is 35.5. The molecule has 0 fully saturated rings. The number of halogens is 2. The van der Waals surface area contributed by atoms with Crippen LogP contribution in [-0.2, 0) is 9.53 Å². The predicted octanol–water partition coefficient (Wildman–Crippen LogP) is 4.05. The molecule has 1 aromatic carbocycles. The first-order chi connectivity index (χ1) is 12.9. The van der Waals surface area contributed by atoms with Crippen LogP contribution in [0.1, 0.15) is 31.1 Å². The predicted molar refractivity (Wildman–Crippen MR) is 102 cm³/mol. The van der Waals surface area contributed by atoms with Gasteiger partial charge in [-0.1, -0.05) is 37.6 Å². The molecule has 7 heteroatoms. The minimum Gasteiger partial charge on any atom is -0.466 e. The van der Waals surface area contributed by atoms with Crippen molar-refractivity contribution in [3.05, 3.63) is 76.0 Å². The van der Waals surface area contributed by atoms with Crippen molar-refractivity contribution in [1.82, 2.24) is 10.3 Å². The van der Waals surface area contributed by atoms with Gasteiger partial charge in [0.05, 0.1) is 12.7 Å². The number of methoxy groups -OCH3 is 1. The number of carbonyl (C=O) groups excluding carboxylic acids is 1. The summed E-state index contributed by atoms with van der Waals surface area (Å²) >= 11 is 6.28. The molecule has 0 saturated carbocycles. The van der Waals surface area contributed by atoms with E-state index in [0.717, 1.165) is 0 Å². The van der Waals surface area contributed by atoms with E-state index in [0.29, 0.717) is 28.4 Å². The van der Waals surface area contributed by atoms with Crippen LogP contribution in [0.4, 0.5) is 4.39 Å². The Hall–Kier alpha value is -2.73. The maximum Gasteiger partial charge on any atom is 0.338 e. The van der Waals surface area contributed by atoms with Crippen molar-refractivity contribution in [1.29, 1.82) is 0 Å². The highest BCUT2D eigenvalue weighted by Crippen LogP contribution is 2.37. The Labute approximate surface area is 161 Å². The third-order valence-corrected chi connectivity index (χ3v) is 4.55. The van der Waals surface area contributed by atoms with Gasteiger partial charge in [-0.05, 0) is 30.2 Å². The molecule has 0 spiro atoms. The number of rotatable bonds is 4. The van der Waals surface area contributed by atoms with E-state index in [1.165, 1.54) is 25.3 Å². The van der Waals surface area contributed by atoms with Crippen LogP contribution in [0, 0.1) is 11.7 Å². The van der Waals surface area contributed by atoms with Crippen LogP contribution < -0.4 is 5.32 Å². The Balaban J connectivity index is 2.21. The second kappa shape index (κ2) is 7.88. The lowest BCUT2D eigenvalue weighted by atomic mass is 9.91. The molecule has 0 amide bonds. The maximum atomic E-state index is 13.5. The number of aromatic nitrogens is 1. The Morgan fingerprint density at radius 2 is 2.07 bits per heavy atom. The average Bonchev–Trinajstić information content (AvgIpc) is 2.67. The van der Waals surface area contributed by atoms with Gasteiger partial charge in [-0.25, -0.2) is 9.18 Å². The molecule has 0 radical (unpaired) electrons. The van der Waals surface area contributed by atoms with Crippen molar-refractivity contribution in [2.45, 2.75) is 19.9 Å². The molecule has 1 unspecified atom stereocenters. The van der Waals surface area contributed by atoms with Crippen LogP contribution in [-0.4, -0.2) is 23.9 Å². The third-order valence-electron chi connectivity index (χ3n) is 4.22. The standard InChI is InChI=1S/C20H19ClFN3O2/c1-11(2)17-16(20(26)27-3)18(13-8-7-12(22)10-14(13)21)25-19(24-17)15-6-4-5-9-23-15/h4-11,18H,1-3H3,(H,24,25). The fourth-order valence-corrected chi connectivity index (χ4v) is 3.21. The maximum absolute atomic E-state index is 13.5. The van der Waals surface area contributed by atoms with E-state index in [9.17, 15) is 9.18 Å². The molecule has 2 heterocycles.